The van der Waals surface area contributed by atoms with Gasteiger partial charge in [-0.3, -0.25) is 4.79 Å². The molecule has 388 valence electrons. The Morgan fingerprint density at radius 1 is 0.507 bits per heavy atom. The predicted octanol–water partition coefficient (Wildman–Crippen LogP) is 7.74. The third-order valence-corrected chi connectivity index (χ3v) is 12.0. The number of aliphatic hydroxyl groups excluding tert-OH is 7. The van der Waals surface area contributed by atoms with Crippen LogP contribution in [0.4, 0.5) is 0 Å². The molecule has 67 heavy (non-hydrogen) atoms. The number of unbranched alkanes of at least 4 members (excludes halogenated alkanes) is 16. The summed E-state index contributed by atoms with van der Waals surface area (Å²) in [6.45, 7) is 3.52. The second kappa shape index (κ2) is 40.4. The summed E-state index contributed by atoms with van der Waals surface area (Å²) in [6, 6.07) is 0. The van der Waals surface area contributed by atoms with Crippen molar-refractivity contribution in [2.24, 2.45) is 0 Å². The fourth-order valence-electron chi connectivity index (χ4n) is 7.84. The second-order valence-electron chi connectivity index (χ2n) is 18.0. The highest BCUT2D eigenvalue weighted by atomic mass is 16.7. The molecule has 2 heterocycles. The van der Waals surface area contributed by atoms with Gasteiger partial charge in [0.05, 0.1) is 26.4 Å². The molecule has 0 aliphatic carbocycles. The van der Waals surface area contributed by atoms with Crippen molar-refractivity contribution < 1.29 is 69.0 Å². The molecular formula is C53H92O14. The van der Waals surface area contributed by atoms with Gasteiger partial charge in [0, 0.05) is 13.0 Å². The molecule has 0 aromatic heterocycles. The summed E-state index contributed by atoms with van der Waals surface area (Å²) in [5.41, 5.74) is 0. The van der Waals surface area contributed by atoms with Crippen molar-refractivity contribution in [3.63, 3.8) is 0 Å². The average Bonchev–Trinajstić information content (AvgIpc) is 3.32. The van der Waals surface area contributed by atoms with E-state index in [1.54, 1.807) is 0 Å². The van der Waals surface area contributed by atoms with E-state index in [4.69, 9.17) is 28.4 Å². The van der Waals surface area contributed by atoms with Crippen LogP contribution in [0.25, 0.3) is 0 Å². The van der Waals surface area contributed by atoms with Gasteiger partial charge in [-0.05, 0) is 57.8 Å². The Labute approximate surface area is 403 Å². The van der Waals surface area contributed by atoms with Crippen molar-refractivity contribution in [2.45, 2.75) is 235 Å². The van der Waals surface area contributed by atoms with Crippen LogP contribution in [-0.4, -0.2) is 142 Å². The lowest BCUT2D eigenvalue weighted by Gasteiger charge is -2.42. The highest BCUT2D eigenvalue weighted by Gasteiger charge is 2.47. The standard InChI is InChI=1S/C53H92O14/c1-3-5-7-9-11-13-15-16-17-18-19-20-21-22-23-24-25-27-29-31-33-35-37-62-39-42(65-45(55)36-34-32-30-28-26-14-12-10-8-6-4-2)40-63-52-51(61)49(59)47(57)44(67-52)41-64-53-50(60)48(58)46(56)43(38-54)66-53/h5,7,11,13,16-17,19-20,22-23,42-44,46-54,56-61H,3-4,6,8-10,12,14-15,18,21,24-41H2,1-2H3/b7-5-,13-11-,17-16-,20-19-,23-22-. The smallest absolute Gasteiger partial charge is 0.306 e. The maximum atomic E-state index is 13.0. The van der Waals surface area contributed by atoms with Crippen LogP contribution in [0.3, 0.4) is 0 Å². The quantitative estimate of drug-likeness (QED) is 0.0178. The SMILES string of the molecule is CC/C=C\C/C=C\C/C=C\C/C=C\C/C=C\CCCCCCCCOCC(COC1OC(COC2OC(CO)C(O)C(O)C2O)C(O)C(O)C1O)OC(=O)CCCCCCCCCCCCC. The van der Waals surface area contributed by atoms with E-state index in [-0.39, 0.29) is 25.6 Å². The molecule has 0 radical (unpaired) electrons. The van der Waals surface area contributed by atoms with E-state index in [1.807, 2.05) is 0 Å². The number of aliphatic hydroxyl groups is 7. The maximum Gasteiger partial charge on any atom is 0.306 e. The van der Waals surface area contributed by atoms with Gasteiger partial charge in [0.1, 0.15) is 54.9 Å². The lowest BCUT2D eigenvalue weighted by molar-refractivity contribution is -0.332. The fraction of sp³-hybridized carbons (Fsp3) is 0.792. The summed E-state index contributed by atoms with van der Waals surface area (Å²) in [7, 11) is 0. The van der Waals surface area contributed by atoms with Gasteiger partial charge in [0.25, 0.3) is 0 Å². The van der Waals surface area contributed by atoms with Gasteiger partial charge < -0.3 is 64.2 Å². The summed E-state index contributed by atoms with van der Waals surface area (Å²) >= 11 is 0. The predicted molar refractivity (Wildman–Crippen MR) is 261 cm³/mol. The maximum absolute atomic E-state index is 13.0. The van der Waals surface area contributed by atoms with Crippen LogP contribution in [0, 0.1) is 0 Å². The van der Waals surface area contributed by atoms with E-state index >= 15 is 0 Å². The molecule has 0 amide bonds. The molecule has 0 aromatic carbocycles. The van der Waals surface area contributed by atoms with Gasteiger partial charge in [-0.1, -0.05) is 164 Å². The first-order valence-electron chi connectivity index (χ1n) is 25.9. The van der Waals surface area contributed by atoms with Gasteiger partial charge in [-0.15, -0.1) is 0 Å². The molecule has 2 rings (SSSR count). The lowest BCUT2D eigenvalue weighted by atomic mass is 9.98. The molecular weight excluding hydrogens is 861 g/mol. The Bertz CT molecular complexity index is 1340. The minimum atomic E-state index is -1.71. The highest BCUT2D eigenvalue weighted by molar-refractivity contribution is 5.69. The number of hydrogen-bond donors (Lipinski definition) is 7. The highest BCUT2D eigenvalue weighted by Crippen LogP contribution is 2.26. The molecule has 2 aliphatic rings. The van der Waals surface area contributed by atoms with Crippen molar-refractivity contribution >= 4 is 5.97 Å². The second-order valence-corrected chi connectivity index (χ2v) is 18.0. The first kappa shape index (κ1) is 60.8. The van der Waals surface area contributed by atoms with Crippen molar-refractivity contribution in [1.29, 1.82) is 0 Å². The summed E-state index contributed by atoms with van der Waals surface area (Å²) in [5.74, 6) is -0.385. The number of rotatable bonds is 40. The topological polar surface area (TPSA) is 214 Å². The lowest BCUT2D eigenvalue weighted by Crippen LogP contribution is -2.61. The Morgan fingerprint density at radius 3 is 1.52 bits per heavy atom. The van der Waals surface area contributed by atoms with Gasteiger partial charge in [0.15, 0.2) is 12.6 Å². The third kappa shape index (κ3) is 28.2. The Hall–Kier alpha value is -2.31. The molecule has 0 aromatic rings. The van der Waals surface area contributed by atoms with Crippen molar-refractivity contribution in [3.05, 3.63) is 60.8 Å². The van der Waals surface area contributed by atoms with E-state index in [0.717, 1.165) is 89.9 Å². The van der Waals surface area contributed by atoms with Crippen molar-refractivity contribution in [3.8, 4) is 0 Å². The van der Waals surface area contributed by atoms with Gasteiger partial charge in [0.2, 0.25) is 0 Å². The number of esters is 1. The fourth-order valence-corrected chi connectivity index (χ4v) is 7.84. The van der Waals surface area contributed by atoms with Crippen LogP contribution in [0.2, 0.25) is 0 Å². The Morgan fingerprint density at radius 2 is 0.970 bits per heavy atom. The molecule has 11 unspecified atom stereocenters. The Balaban J connectivity index is 1.74. The zero-order chi connectivity index (χ0) is 48.7. The van der Waals surface area contributed by atoms with E-state index < -0.39 is 80.7 Å². The minimum absolute atomic E-state index is 0.0505. The first-order valence-corrected chi connectivity index (χ1v) is 25.9. The van der Waals surface area contributed by atoms with E-state index in [1.165, 1.54) is 51.4 Å². The van der Waals surface area contributed by atoms with Crippen molar-refractivity contribution in [2.75, 3.05) is 33.0 Å². The largest absolute Gasteiger partial charge is 0.457 e. The number of carbonyl (C=O) groups excluding carboxylic acids is 1. The number of ether oxygens (including phenoxy) is 6. The summed E-state index contributed by atoms with van der Waals surface area (Å²) in [6.07, 6.45) is 31.4. The average molecular weight is 953 g/mol. The molecule has 0 bridgehead atoms. The number of carbonyl (C=O) groups is 1. The molecule has 0 saturated carbocycles. The van der Waals surface area contributed by atoms with Crippen LogP contribution in [0.1, 0.15) is 168 Å². The summed E-state index contributed by atoms with van der Waals surface area (Å²) in [4.78, 5) is 13.0. The van der Waals surface area contributed by atoms with Gasteiger partial charge in [-0.2, -0.15) is 0 Å². The molecule has 14 heteroatoms. The molecule has 2 fully saturated rings. The first-order chi connectivity index (χ1) is 32.6. The molecule has 14 nitrogen and oxygen atoms in total. The van der Waals surface area contributed by atoms with Crippen LogP contribution in [0.5, 0.6) is 0 Å². The van der Waals surface area contributed by atoms with Crippen LogP contribution >= 0.6 is 0 Å². The van der Waals surface area contributed by atoms with Gasteiger partial charge in [-0.25, -0.2) is 0 Å². The minimum Gasteiger partial charge on any atom is -0.457 e. The summed E-state index contributed by atoms with van der Waals surface area (Å²) < 4.78 is 34.2. The van der Waals surface area contributed by atoms with E-state index in [2.05, 4.69) is 74.6 Å². The number of allylic oxidation sites excluding steroid dienone is 10. The molecule has 0 spiro atoms. The van der Waals surface area contributed by atoms with Crippen LogP contribution < -0.4 is 0 Å². The van der Waals surface area contributed by atoms with Crippen molar-refractivity contribution in [1.82, 2.24) is 0 Å². The molecule has 2 aliphatic heterocycles. The number of hydrogen-bond acceptors (Lipinski definition) is 14. The molecule has 2 saturated heterocycles. The van der Waals surface area contributed by atoms with Crippen LogP contribution in [0.15, 0.2) is 60.8 Å². The third-order valence-electron chi connectivity index (χ3n) is 12.0. The monoisotopic (exact) mass is 953 g/mol. The summed E-state index contributed by atoms with van der Waals surface area (Å²) in [5, 5.41) is 72.1. The van der Waals surface area contributed by atoms with Gasteiger partial charge >= 0.3 is 5.97 Å². The zero-order valence-electron chi connectivity index (χ0n) is 41.1. The normalized spacial score (nSPS) is 26.6. The van der Waals surface area contributed by atoms with Crippen LogP contribution in [-0.2, 0) is 33.2 Å². The van der Waals surface area contributed by atoms with E-state index in [9.17, 15) is 40.5 Å². The zero-order valence-corrected chi connectivity index (χ0v) is 41.1. The van der Waals surface area contributed by atoms with E-state index in [0.29, 0.717) is 13.0 Å². The molecule has 7 N–H and O–H groups in total. The Kier molecular flexibility index (Phi) is 36.7. The molecule has 11 atom stereocenters.